The van der Waals surface area contributed by atoms with Gasteiger partial charge in [-0.15, -0.1) is 23.2 Å². The van der Waals surface area contributed by atoms with E-state index in [-0.39, 0.29) is 37.7 Å². The van der Waals surface area contributed by atoms with Crippen molar-refractivity contribution in [2.24, 2.45) is 0 Å². The Kier molecular flexibility index (Phi) is 35.8. The number of rotatable bonds is 34. The van der Waals surface area contributed by atoms with E-state index in [1.165, 1.54) is 141 Å². The number of carboxylic acids is 2. The van der Waals surface area contributed by atoms with E-state index in [4.69, 9.17) is 23.2 Å². The van der Waals surface area contributed by atoms with Crippen LogP contribution in [0, 0.1) is 0 Å². The third kappa shape index (κ3) is 26.0. The Morgan fingerprint density at radius 3 is 0.800 bits per heavy atom. The molecule has 0 aliphatic rings. The summed E-state index contributed by atoms with van der Waals surface area (Å²) in [5.74, 6) is -2.38. The molecule has 0 aromatic heterocycles. The SMILES string of the molecule is CCCCCCCCCCCCCCCCC(Cl)(C(=O)[O-])c1ccccc1.CCCCCCCCCCCCCCCCC(Cl)(C(=O)[O-])c1ccccc1.[Ca+2]. The Balaban J connectivity index is 0.00000104. The van der Waals surface area contributed by atoms with Crippen LogP contribution in [0.5, 0.6) is 0 Å². The molecule has 2 aromatic carbocycles. The molecule has 2 atom stereocenters. The quantitative estimate of drug-likeness (QED) is 0.0400. The number of carbonyl (C=O) groups excluding carboxylic acids is 2. The second-order valence-electron chi connectivity index (χ2n) is 15.6. The third-order valence-corrected chi connectivity index (χ3v) is 12.0. The Morgan fingerprint density at radius 2 is 0.600 bits per heavy atom. The van der Waals surface area contributed by atoms with Gasteiger partial charge >= 0.3 is 37.7 Å². The summed E-state index contributed by atoms with van der Waals surface area (Å²) >= 11 is 12.8. The molecular weight excluding hydrogens is 752 g/mol. The van der Waals surface area contributed by atoms with Crippen LogP contribution in [-0.4, -0.2) is 49.7 Å². The average Bonchev–Trinajstić information content (AvgIpc) is 3.18. The van der Waals surface area contributed by atoms with Crippen molar-refractivity contribution < 1.29 is 19.8 Å². The molecule has 0 radical (unpaired) electrons. The fraction of sp³-hybridized carbons (Fsp3) is 0.708. The van der Waals surface area contributed by atoms with E-state index in [2.05, 4.69) is 13.8 Å². The van der Waals surface area contributed by atoms with E-state index in [9.17, 15) is 19.8 Å². The van der Waals surface area contributed by atoms with Crippen LogP contribution in [0.3, 0.4) is 0 Å². The van der Waals surface area contributed by atoms with Crippen LogP contribution in [0.4, 0.5) is 0 Å². The molecule has 55 heavy (non-hydrogen) atoms. The maximum atomic E-state index is 11.5. The summed E-state index contributed by atoms with van der Waals surface area (Å²) in [6.45, 7) is 4.53. The van der Waals surface area contributed by atoms with E-state index in [0.29, 0.717) is 24.0 Å². The molecule has 0 saturated heterocycles. The van der Waals surface area contributed by atoms with Gasteiger partial charge in [-0.25, -0.2) is 0 Å². The van der Waals surface area contributed by atoms with E-state index >= 15 is 0 Å². The van der Waals surface area contributed by atoms with Crippen LogP contribution in [-0.2, 0) is 19.3 Å². The van der Waals surface area contributed by atoms with Gasteiger partial charge in [-0.1, -0.05) is 254 Å². The van der Waals surface area contributed by atoms with E-state index in [0.717, 1.165) is 38.5 Å². The third-order valence-electron chi connectivity index (χ3n) is 10.9. The molecular formula is C48H76CaCl2O4. The van der Waals surface area contributed by atoms with Crippen LogP contribution < -0.4 is 10.2 Å². The number of unbranched alkanes of at least 4 members (excludes halogenated alkanes) is 26. The van der Waals surface area contributed by atoms with Gasteiger partial charge in [-0.2, -0.15) is 0 Å². The van der Waals surface area contributed by atoms with E-state index < -0.39 is 21.7 Å². The van der Waals surface area contributed by atoms with Gasteiger partial charge < -0.3 is 19.8 Å². The monoisotopic (exact) mass is 826 g/mol. The van der Waals surface area contributed by atoms with E-state index in [1.807, 2.05) is 36.4 Å². The summed E-state index contributed by atoms with van der Waals surface area (Å²) in [5, 5.41) is 23.1. The number of benzene rings is 2. The second kappa shape index (κ2) is 36.3. The predicted octanol–water partition coefficient (Wildman–Crippen LogP) is 13.1. The molecule has 0 amide bonds. The molecule has 7 heteroatoms. The zero-order valence-corrected chi connectivity index (χ0v) is 38.8. The van der Waals surface area contributed by atoms with Crippen molar-refractivity contribution in [1.82, 2.24) is 0 Å². The molecule has 0 heterocycles. The molecule has 2 unspecified atom stereocenters. The number of halogens is 2. The normalized spacial score (nSPS) is 13.2. The van der Waals surface area contributed by atoms with Crippen LogP contribution in [0.25, 0.3) is 0 Å². The Morgan fingerprint density at radius 1 is 0.400 bits per heavy atom. The molecule has 2 aromatic rings. The molecule has 308 valence electrons. The minimum absolute atomic E-state index is 0. The first-order valence-corrected chi connectivity index (χ1v) is 22.9. The second-order valence-corrected chi connectivity index (χ2v) is 16.9. The molecule has 0 saturated carbocycles. The fourth-order valence-corrected chi connectivity index (χ4v) is 7.78. The van der Waals surface area contributed by atoms with E-state index in [1.54, 1.807) is 24.3 Å². The number of aliphatic carboxylic acids is 2. The van der Waals surface area contributed by atoms with Gasteiger partial charge in [-0.05, 0) is 24.0 Å². The average molecular weight is 828 g/mol. The van der Waals surface area contributed by atoms with Crippen molar-refractivity contribution in [3.05, 3.63) is 71.8 Å². The van der Waals surface area contributed by atoms with Gasteiger partial charge in [0.25, 0.3) is 0 Å². The van der Waals surface area contributed by atoms with Crippen molar-refractivity contribution in [3.63, 3.8) is 0 Å². The summed E-state index contributed by atoms with van der Waals surface area (Å²) in [5.41, 5.74) is 1.25. The van der Waals surface area contributed by atoms with Crippen LogP contribution in [0.1, 0.15) is 218 Å². The minimum atomic E-state index is -1.39. The smallest absolute Gasteiger partial charge is 0.548 e. The summed E-state index contributed by atoms with van der Waals surface area (Å²) in [6, 6.07) is 18.1. The van der Waals surface area contributed by atoms with Crippen LogP contribution >= 0.6 is 23.2 Å². The Hall–Kier alpha value is -0.780. The number of alkyl halides is 2. The molecule has 0 fully saturated rings. The maximum Gasteiger partial charge on any atom is 2.00 e. The van der Waals surface area contributed by atoms with Gasteiger partial charge in [0.1, 0.15) is 9.75 Å². The number of carboxylic acid groups (broad SMARTS) is 2. The standard InChI is InChI=1S/2C24H39ClO2.Ca/c2*1-2-3-4-5-6-7-8-9-10-11-12-13-14-18-21-24(25,23(26)27)22-19-16-15-17-20-22;/h2*15-17,19-20H,2-14,18,21H2,1H3,(H,26,27);/q;;+2/p-2. The van der Waals surface area contributed by atoms with Crippen molar-refractivity contribution >= 4 is 72.9 Å². The maximum absolute atomic E-state index is 11.5. The molecule has 0 spiro atoms. The minimum Gasteiger partial charge on any atom is -0.548 e. The van der Waals surface area contributed by atoms with Gasteiger partial charge in [0.05, 0.1) is 11.9 Å². The Bertz CT molecular complexity index is 1080. The molecule has 2 rings (SSSR count). The molecule has 0 bridgehead atoms. The van der Waals surface area contributed by atoms with Gasteiger partial charge in [-0.3, -0.25) is 0 Å². The Labute approximate surface area is 377 Å². The van der Waals surface area contributed by atoms with Crippen molar-refractivity contribution in [3.8, 4) is 0 Å². The van der Waals surface area contributed by atoms with Crippen molar-refractivity contribution in [2.75, 3.05) is 0 Å². The molecule has 0 aliphatic heterocycles. The number of hydrogen-bond acceptors (Lipinski definition) is 4. The summed E-state index contributed by atoms with van der Waals surface area (Å²) in [4.78, 5) is 20.3. The topological polar surface area (TPSA) is 80.3 Å². The first-order valence-electron chi connectivity index (χ1n) is 22.1. The van der Waals surface area contributed by atoms with Crippen LogP contribution in [0.2, 0.25) is 0 Å². The zero-order chi connectivity index (χ0) is 39.6. The van der Waals surface area contributed by atoms with Gasteiger partial charge in [0.15, 0.2) is 0 Å². The van der Waals surface area contributed by atoms with Gasteiger partial charge in [0.2, 0.25) is 0 Å². The molecule has 0 N–H and O–H groups in total. The number of hydrogen-bond donors (Lipinski definition) is 0. The predicted molar refractivity (Wildman–Crippen MR) is 234 cm³/mol. The van der Waals surface area contributed by atoms with Crippen molar-refractivity contribution in [1.29, 1.82) is 0 Å². The fourth-order valence-electron chi connectivity index (χ4n) is 7.26. The van der Waals surface area contributed by atoms with Gasteiger partial charge in [0, 0.05) is 0 Å². The zero-order valence-electron chi connectivity index (χ0n) is 35.1. The summed E-state index contributed by atoms with van der Waals surface area (Å²) in [6.07, 6.45) is 36.7. The summed E-state index contributed by atoms with van der Waals surface area (Å²) in [7, 11) is 0. The largest absolute Gasteiger partial charge is 2.00 e. The first-order chi connectivity index (χ1) is 26.2. The number of carbonyl (C=O) groups is 2. The molecule has 0 aliphatic carbocycles. The first kappa shape index (κ1) is 54.2. The molecule has 4 nitrogen and oxygen atoms in total. The van der Waals surface area contributed by atoms with Crippen LogP contribution in [0.15, 0.2) is 60.7 Å². The van der Waals surface area contributed by atoms with Crippen molar-refractivity contribution in [2.45, 2.75) is 216 Å². The summed E-state index contributed by atoms with van der Waals surface area (Å²) < 4.78 is 0.